The number of carbonyl (C=O) groups is 1. The van der Waals surface area contributed by atoms with E-state index < -0.39 is 0 Å². The van der Waals surface area contributed by atoms with E-state index in [-0.39, 0.29) is 17.4 Å². The van der Waals surface area contributed by atoms with Gasteiger partial charge in [-0.05, 0) is 19.3 Å². The maximum Gasteiger partial charge on any atom is 0.225 e. The van der Waals surface area contributed by atoms with Crippen molar-refractivity contribution < 1.29 is 9.53 Å². The zero-order valence-corrected chi connectivity index (χ0v) is 10.4. The van der Waals surface area contributed by atoms with Crippen LogP contribution in [-0.2, 0) is 9.53 Å². The van der Waals surface area contributed by atoms with Gasteiger partial charge in [0.1, 0.15) is 0 Å². The Labute approximate surface area is 102 Å². The van der Waals surface area contributed by atoms with Gasteiger partial charge in [-0.15, -0.1) is 11.6 Å². The summed E-state index contributed by atoms with van der Waals surface area (Å²) >= 11 is 6.04. The van der Waals surface area contributed by atoms with Crippen LogP contribution < -0.4 is 5.32 Å². The van der Waals surface area contributed by atoms with Crippen LogP contribution in [0, 0.1) is 5.92 Å². The molecule has 0 aromatic carbocycles. The molecule has 0 aromatic rings. The van der Waals surface area contributed by atoms with Crippen LogP contribution in [0.2, 0.25) is 0 Å². The second kappa shape index (κ2) is 5.37. The largest absolute Gasteiger partial charge is 0.381 e. The Kier molecular flexibility index (Phi) is 4.09. The summed E-state index contributed by atoms with van der Waals surface area (Å²) in [6.07, 6.45) is 6.51. The summed E-state index contributed by atoms with van der Waals surface area (Å²) in [4.78, 5) is 12.0. The molecular weight excluding hydrogens is 226 g/mol. The molecule has 92 valence electrons. The van der Waals surface area contributed by atoms with E-state index in [0.29, 0.717) is 19.1 Å². The van der Waals surface area contributed by atoms with E-state index in [2.05, 4.69) is 5.32 Å². The van der Waals surface area contributed by atoms with Crippen LogP contribution in [0.25, 0.3) is 0 Å². The Morgan fingerprint density at radius 3 is 2.69 bits per heavy atom. The molecule has 1 saturated carbocycles. The first kappa shape index (κ1) is 12.2. The summed E-state index contributed by atoms with van der Waals surface area (Å²) in [5.41, 5.74) is -0.139. The number of rotatable bonds is 3. The van der Waals surface area contributed by atoms with Crippen LogP contribution in [0.5, 0.6) is 0 Å². The average molecular weight is 246 g/mol. The third-order valence-electron chi connectivity index (χ3n) is 3.76. The van der Waals surface area contributed by atoms with Gasteiger partial charge in [0.05, 0.1) is 18.1 Å². The van der Waals surface area contributed by atoms with Crippen LogP contribution in [0.1, 0.15) is 38.5 Å². The number of carbonyl (C=O) groups excluding carboxylic acids is 1. The van der Waals surface area contributed by atoms with Crippen molar-refractivity contribution in [3.63, 3.8) is 0 Å². The third-order valence-corrected chi connectivity index (χ3v) is 4.27. The zero-order chi connectivity index (χ0) is 11.4. The monoisotopic (exact) mass is 245 g/mol. The smallest absolute Gasteiger partial charge is 0.225 e. The molecule has 1 atom stereocenters. The molecular formula is C12H20ClNO2. The lowest BCUT2D eigenvalue weighted by Crippen LogP contribution is -2.53. The van der Waals surface area contributed by atoms with E-state index in [4.69, 9.17) is 16.3 Å². The van der Waals surface area contributed by atoms with E-state index in [9.17, 15) is 4.79 Å². The predicted molar refractivity (Wildman–Crippen MR) is 63.6 cm³/mol. The van der Waals surface area contributed by atoms with Gasteiger partial charge in [-0.2, -0.15) is 0 Å². The molecule has 1 unspecified atom stereocenters. The molecule has 0 bridgehead atoms. The minimum absolute atomic E-state index is 0.0435. The summed E-state index contributed by atoms with van der Waals surface area (Å²) in [7, 11) is 0. The summed E-state index contributed by atoms with van der Waals surface area (Å²) in [5.74, 6) is 0.717. The van der Waals surface area contributed by atoms with Crippen molar-refractivity contribution in [1.82, 2.24) is 5.32 Å². The number of amides is 1. The summed E-state index contributed by atoms with van der Waals surface area (Å²) in [6, 6.07) is 0. The lowest BCUT2D eigenvalue weighted by molar-refractivity contribution is -0.127. The van der Waals surface area contributed by atoms with Crippen molar-refractivity contribution in [3.8, 4) is 0 Å². The van der Waals surface area contributed by atoms with Gasteiger partial charge in [-0.3, -0.25) is 4.79 Å². The molecule has 3 nitrogen and oxygen atoms in total. The van der Waals surface area contributed by atoms with Gasteiger partial charge in [0.2, 0.25) is 5.91 Å². The maximum atomic E-state index is 12.0. The van der Waals surface area contributed by atoms with Crippen molar-refractivity contribution in [2.45, 2.75) is 44.1 Å². The lowest BCUT2D eigenvalue weighted by atomic mass is 9.82. The molecule has 2 aliphatic rings. The van der Waals surface area contributed by atoms with Gasteiger partial charge < -0.3 is 10.1 Å². The number of hydrogen-bond acceptors (Lipinski definition) is 2. The molecule has 0 spiro atoms. The van der Waals surface area contributed by atoms with Crippen molar-refractivity contribution in [2.24, 2.45) is 5.92 Å². The number of nitrogens with one attached hydrogen (secondary N) is 1. The molecule has 16 heavy (non-hydrogen) atoms. The number of halogens is 1. The third kappa shape index (κ3) is 2.69. The van der Waals surface area contributed by atoms with E-state index in [1.807, 2.05) is 0 Å². The highest BCUT2D eigenvalue weighted by atomic mass is 35.5. The second-order valence-corrected chi connectivity index (χ2v) is 5.29. The van der Waals surface area contributed by atoms with E-state index in [1.54, 1.807) is 0 Å². The summed E-state index contributed by atoms with van der Waals surface area (Å²) in [6.45, 7) is 1.29. The maximum absolute atomic E-state index is 12.0. The first-order valence-electron chi connectivity index (χ1n) is 6.21. The predicted octanol–water partition coefficient (Wildman–Crippen LogP) is 2.08. The Hall–Kier alpha value is -0.280. The molecule has 0 aromatic heterocycles. The highest BCUT2D eigenvalue weighted by Gasteiger charge is 2.35. The molecule has 1 saturated heterocycles. The van der Waals surface area contributed by atoms with Crippen molar-refractivity contribution >= 4 is 17.5 Å². The Balaban J connectivity index is 1.91. The fourth-order valence-electron chi connectivity index (χ4n) is 2.63. The molecule has 2 fully saturated rings. The molecule has 4 heteroatoms. The highest BCUT2D eigenvalue weighted by Crippen LogP contribution is 2.30. The fraction of sp³-hybridized carbons (Fsp3) is 0.917. The zero-order valence-electron chi connectivity index (χ0n) is 9.64. The van der Waals surface area contributed by atoms with Crippen molar-refractivity contribution in [2.75, 3.05) is 19.1 Å². The van der Waals surface area contributed by atoms with E-state index >= 15 is 0 Å². The summed E-state index contributed by atoms with van der Waals surface area (Å²) < 4.78 is 5.24. The van der Waals surface area contributed by atoms with Gasteiger partial charge in [0.15, 0.2) is 0 Å². The lowest BCUT2D eigenvalue weighted by Gasteiger charge is -2.37. The standard InChI is InChI=1S/C12H20ClNO2/c13-9-12(5-2-1-3-6-12)14-11(15)10-4-7-16-8-10/h10H,1-9H2,(H,14,15). The Bertz CT molecular complexity index is 245. The first-order valence-corrected chi connectivity index (χ1v) is 6.75. The number of ether oxygens (including phenoxy) is 1. The molecule has 1 heterocycles. The van der Waals surface area contributed by atoms with Crippen LogP contribution in [0.3, 0.4) is 0 Å². The number of alkyl halides is 1. The molecule has 2 rings (SSSR count). The normalized spacial score (nSPS) is 28.9. The van der Waals surface area contributed by atoms with Gasteiger partial charge in [-0.1, -0.05) is 19.3 Å². The second-order valence-electron chi connectivity index (χ2n) is 5.02. The molecule has 1 aliphatic heterocycles. The van der Waals surface area contributed by atoms with Crippen LogP contribution in [-0.4, -0.2) is 30.5 Å². The van der Waals surface area contributed by atoms with Gasteiger partial charge in [-0.25, -0.2) is 0 Å². The summed E-state index contributed by atoms with van der Waals surface area (Å²) in [5, 5.41) is 3.17. The van der Waals surface area contributed by atoms with Crippen molar-refractivity contribution in [1.29, 1.82) is 0 Å². The highest BCUT2D eigenvalue weighted by molar-refractivity contribution is 6.18. The van der Waals surface area contributed by atoms with E-state index in [0.717, 1.165) is 19.3 Å². The average Bonchev–Trinajstić information content (AvgIpc) is 2.84. The van der Waals surface area contributed by atoms with Gasteiger partial charge in [0.25, 0.3) is 0 Å². The SMILES string of the molecule is O=C(NC1(CCl)CCCCC1)C1CCOC1. The molecule has 1 N–H and O–H groups in total. The Morgan fingerprint density at radius 2 is 2.12 bits per heavy atom. The van der Waals surface area contributed by atoms with Gasteiger partial charge in [0, 0.05) is 12.5 Å². The van der Waals surface area contributed by atoms with Crippen LogP contribution >= 0.6 is 11.6 Å². The van der Waals surface area contributed by atoms with E-state index in [1.165, 1.54) is 19.3 Å². The minimum atomic E-state index is -0.139. The molecule has 1 amide bonds. The van der Waals surface area contributed by atoms with Gasteiger partial charge >= 0.3 is 0 Å². The fourth-order valence-corrected chi connectivity index (χ4v) is 2.96. The molecule has 0 radical (unpaired) electrons. The van der Waals surface area contributed by atoms with Crippen LogP contribution in [0.15, 0.2) is 0 Å². The number of hydrogen-bond donors (Lipinski definition) is 1. The minimum Gasteiger partial charge on any atom is -0.381 e. The Morgan fingerprint density at radius 1 is 1.38 bits per heavy atom. The molecule has 1 aliphatic carbocycles. The van der Waals surface area contributed by atoms with Crippen LogP contribution in [0.4, 0.5) is 0 Å². The topological polar surface area (TPSA) is 38.3 Å². The first-order chi connectivity index (χ1) is 7.76. The quantitative estimate of drug-likeness (QED) is 0.774. The van der Waals surface area contributed by atoms with Crippen molar-refractivity contribution in [3.05, 3.63) is 0 Å².